The smallest absolute Gasteiger partial charge is 0.252 e. The first-order valence-electron chi connectivity index (χ1n) is 14.1. The molecule has 4 aromatic carbocycles. The van der Waals surface area contributed by atoms with Crippen LogP contribution in [0.25, 0.3) is 23.8 Å². The highest BCUT2D eigenvalue weighted by Crippen LogP contribution is 2.22. The predicted molar refractivity (Wildman–Crippen MR) is 190 cm³/mol. The highest BCUT2D eigenvalue weighted by Gasteiger charge is 2.13. The van der Waals surface area contributed by atoms with Crippen molar-refractivity contribution in [2.24, 2.45) is 5.73 Å². The summed E-state index contributed by atoms with van der Waals surface area (Å²) in [4.78, 5) is 13.0. The second-order valence-electron chi connectivity index (χ2n) is 10.2. The number of sulfonamides is 2. The Kier molecular flexibility index (Phi) is 12.6. The van der Waals surface area contributed by atoms with E-state index in [9.17, 15) is 21.6 Å². The molecule has 0 fully saturated rings. The number of nitrogens with two attached hydrogens (primary N) is 1. The zero-order valence-corrected chi connectivity index (χ0v) is 27.4. The van der Waals surface area contributed by atoms with Crippen LogP contribution >= 0.6 is 0 Å². The van der Waals surface area contributed by atoms with Gasteiger partial charge in [-0.1, -0.05) is 98.1 Å². The molecule has 0 heterocycles. The molecule has 0 saturated heterocycles. The summed E-state index contributed by atoms with van der Waals surface area (Å²) in [6.07, 6.45) is 7.23. The van der Waals surface area contributed by atoms with Crippen LogP contribution in [0.15, 0.2) is 110 Å². The number of benzene rings is 4. The lowest BCUT2D eigenvalue weighted by atomic mass is 10.0. The van der Waals surface area contributed by atoms with E-state index in [2.05, 4.69) is 27.9 Å². The third-order valence-corrected chi connectivity index (χ3v) is 7.57. The number of hydrogen-bond acceptors (Lipinski definition) is 6. The number of rotatable bonds is 12. The second kappa shape index (κ2) is 16.4. The summed E-state index contributed by atoms with van der Waals surface area (Å²) >= 11 is 0. The maximum atomic E-state index is 13.0. The fourth-order valence-electron chi connectivity index (χ4n) is 4.28. The van der Waals surface area contributed by atoms with Crippen LogP contribution in [0.1, 0.15) is 33.4 Å². The molecule has 0 aliphatic rings. The molecule has 1 amide bonds. The summed E-state index contributed by atoms with van der Waals surface area (Å²) in [7, 11) is -6.65. The van der Waals surface area contributed by atoms with Crippen molar-refractivity contribution in [2.45, 2.75) is 13.1 Å². The van der Waals surface area contributed by atoms with Crippen LogP contribution in [0, 0.1) is 0 Å². The average molecular weight is 659 g/mol. The van der Waals surface area contributed by atoms with Gasteiger partial charge in [0.05, 0.1) is 23.9 Å². The Labute approximate surface area is 271 Å². The molecule has 0 bridgehead atoms. The van der Waals surface area contributed by atoms with Gasteiger partial charge in [-0.2, -0.15) is 0 Å². The van der Waals surface area contributed by atoms with Gasteiger partial charge in [0.1, 0.15) is 0 Å². The maximum absolute atomic E-state index is 13.0. The van der Waals surface area contributed by atoms with Crippen molar-refractivity contribution in [1.82, 2.24) is 5.32 Å². The normalized spacial score (nSPS) is 11.4. The fraction of sp³-hybridized carbons (Fsp3) is 0.114. The van der Waals surface area contributed by atoms with Gasteiger partial charge in [-0.15, -0.1) is 0 Å². The molecule has 4 rings (SSSR count). The monoisotopic (exact) mass is 658 g/mol. The first-order chi connectivity index (χ1) is 21.8. The summed E-state index contributed by atoms with van der Waals surface area (Å²) < 4.78 is 50.0. The van der Waals surface area contributed by atoms with E-state index in [4.69, 9.17) is 5.73 Å². The third-order valence-electron chi connectivity index (χ3n) is 6.39. The van der Waals surface area contributed by atoms with E-state index < -0.39 is 20.0 Å². The van der Waals surface area contributed by atoms with Gasteiger partial charge in [0.2, 0.25) is 20.0 Å². The second-order valence-corrected chi connectivity index (χ2v) is 13.7. The van der Waals surface area contributed by atoms with Crippen molar-refractivity contribution < 1.29 is 21.6 Å². The van der Waals surface area contributed by atoms with Gasteiger partial charge in [0.15, 0.2) is 0 Å². The molecule has 0 aromatic heterocycles. The quantitative estimate of drug-likeness (QED) is 0.113. The highest BCUT2D eigenvalue weighted by atomic mass is 32.2. The number of nitrogens with one attached hydrogen (secondary N) is 3. The van der Waals surface area contributed by atoms with Gasteiger partial charge in [-0.05, 0) is 63.7 Å². The van der Waals surface area contributed by atoms with Gasteiger partial charge < -0.3 is 11.1 Å². The van der Waals surface area contributed by atoms with E-state index in [0.29, 0.717) is 29.1 Å². The van der Waals surface area contributed by atoms with Crippen LogP contribution in [0.4, 0.5) is 11.4 Å². The molecular formula is C35H38N4O5S2. The molecular weight excluding hydrogens is 621 g/mol. The van der Waals surface area contributed by atoms with E-state index in [0.717, 1.165) is 40.3 Å². The largest absolute Gasteiger partial charge is 0.348 e. The molecule has 46 heavy (non-hydrogen) atoms. The van der Waals surface area contributed by atoms with Crippen molar-refractivity contribution >= 4 is 61.1 Å². The lowest BCUT2D eigenvalue weighted by Crippen LogP contribution is -2.24. The van der Waals surface area contributed by atoms with Crippen LogP contribution in [0.5, 0.6) is 0 Å². The van der Waals surface area contributed by atoms with E-state index in [1.54, 1.807) is 48.6 Å². The number of amides is 1. The lowest BCUT2D eigenvalue weighted by Gasteiger charge is -2.12. The van der Waals surface area contributed by atoms with Gasteiger partial charge in [-0.25, -0.2) is 16.8 Å². The zero-order valence-electron chi connectivity index (χ0n) is 25.7. The average Bonchev–Trinajstić information content (AvgIpc) is 3.03. The van der Waals surface area contributed by atoms with Crippen molar-refractivity contribution in [3.63, 3.8) is 0 Å². The number of carbonyl (C=O) groups is 1. The van der Waals surface area contributed by atoms with Crippen LogP contribution in [-0.2, 0) is 37.9 Å². The van der Waals surface area contributed by atoms with E-state index in [1.165, 1.54) is 0 Å². The Balaban J connectivity index is 0.000000322. The summed E-state index contributed by atoms with van der Waals surface area (Å²) in [5.41, 5.74) is 11.9. The van der Waals surface area contributed by atoms with Crippen molar-refractivity contribution in [2.75, 3.05) is 22.0 Å². The van der Waals surface area contributed by atoms with Crippen LogP contribution in [0.3, 0.4) is 0 Å². The molecule has 11 heteroatoms. The van der Waals surface area contributed by atoms with Crippen molar-refractivity contribution in [3.8, 4) is 0 Å². The summed E-state index contributed by atoms with van der Waals surface area (Å²) in [6, 6.07) is 29.7. The highest BCUT2D eigenvalue weighted by molar-refractivity contribution is 7.92. The van der Waals surface area contributed by atoms with Crippen molar-refractivity contribution in [3.05, 3.63) is 144 Å². The Hall–Kier alpha value is -4.97. The number of anilines is 2. The molecule has 9 nitrogen and oxygen atoms in total. The Bertz CT molecular complexity index is 1920. The Morgan fingerprint density at radius 3 is 1.67 bits per heavy atom. The van der Waals surface area contributed by atoms with E-state index in [-0.39, 0.29) is 12.5 Å². The molecule has 240 valence electrons. The number of hydrogen-bond donors (Lipinski definition) is 4. The lowest BCUT2D eigenvalue weighted by molar-refractivity contribution is -0.115. The van der Waals surface area contributed by atoms with E-state index >= 15 is 0 Å². The standard InChI is InChI=1S/C25H24N2O3S.C10H14N2O2S/c1-3-21-16-20(14-15-24(21)27-31(2,29)30)18-26-25(28)23(22-12-8-5-9-13-22)17-19-10-6-4-7-11-19;1-3-9-6-8(7-11)4-5-10(9)12-15(2,13)14/h3-17,27H,1,18H2,2H3,(H,26,28);3-6,12H,1,7,11H2,2H3. The third kappa shape index (κ3) is 11.5. The van der Waals surface area contributed by atoms with Crippen LogP contribution < -0.4 is 20.5 Å². The SMILES string of the molecule is C=Cc1cc(CN)ccc1NS(C)(=O)=O.C=Cc1cc(CNC(=O)C(=Cc2ccccc2)c2ccccc2)ccc1NS(C)(=O)=O. The molecule has 5 N–H and O–H groups in total. The van der Waals surface area contributed by atoms with Gasteiger partial charge in [-0.3, -0.25) is 14.2 Å². The van der Waals surface area contributed by atoms with Crippen molar-refractivity contribution in [1.29, 1.82) is 0 Å². The topological polar surface area (TPSA) is 147 Å². The number of carbonyl (C=O) groups excluding carboxylic acids is 1. The van der Waals surface area contributed by atoms with Gasteiger partial charge >= 0.3 is 0 Å². The Morgan fingerprint density at radius 2 is 1.20 bits per heavy atom. The van der Waals surface area contributed by atoms with Gasteiger partial charge in [0, 0.05) is 18.7 Å². The molecule has 0 radical (unpaired) electrons. The van der Waals surface area contributed by atoms with E-state index in [1.807, 2.05) is 66.7 Å². The minimum absolute atomic E-state index is 0.200. The molecule has 0 aliphatic heterocycles. The van der Waals surface area contributed by atoms with Crippen LogP contribution in [-0.4, -0.2) is 35.3 Å². The minimum Gasteiger partial charge on any atom is -0.348 e. The molecule has 0 atom stereocenters. The summed E-state index contributed by atoms with van der Waals surface area (Å²) in [5.74, 6) is -0.200. The first-order valence-corrected chi connectivity index (χ1v) is 17.9. The molecule has 0 spiro atoms. The summed E-state index contributed by atoms with van der Waals surface area (Å²) in [6.45, 7) is 8.07. The van der Waals surface area contributed by atoms with Gasteiger partial charge in [0.25, 0.3) is 5.91 Å². The maximum Gasteiger partial charge on any atom is 0.252 e. The predicted octanol–water partition coefficient (Wildman–Crippen LogP) is 5.72. The molecule has 4 aromatic rings. The fourth-order valence-corrected chi connectivity index (χ4v) is 5.45. The Morgan fingerprint density at radius 1 is 0.717 bits per heavy atom. The molecule has 0 aliphatic carbocycles. The zero-order chi connectivity index (χ0) is 33.7. The summed E-state index contributed by atoms with van der Waals surface area (Å²) in [5, 5.41) is 2.96. The molecule has 0 unspecified atom stereocenters. The molecule has 0 saturated carbocycles. The van der Waals surface area contributed by atoms with Crippen LogP contribution in [0.2, 0.25) is 0 Å². The minimum atomic E-state index is -3.39. The first kappa shape index (κ1) is 35.5.